The Morgan fingerprint density at radius 3 is 2.73 bits per heavy atom. The molecule has 0 unspecified atom stereocenters. The largest absolute Gasteiger partial charge is 0.384 e. The third kappa shape index (κ3) is 2.68. The SMILES string of the molecule is C#CCC1CCC(n2c(C(C)C)nc3cnc(N)cc32)CC1. The molecule has 1 saturated carbocycles. The first-order valence-corrected chi connectivity index (χ1v) is 8.17. The van der Waals surface area contributed by atoms with Gasteiger partial charge < -0.3 is 10.3 Å². The van der Waals surface area contributed by atoms with Crippen molar-refractivity contribution in [3.05, 3.63) is 18.1 Å². The van der Waals surface area contributed by atoms with Gasteiger partial charge in [0.1, 0.15) is 17.2 Å². The van der Waals surface area contributed by atoms with Crippen LogP contribution in [0.5, 0.6) is 0 Å². The first kappa shape index (κ1) is 14.9. The predicted octanol–water partition coefficient (Wildman–Crippen LogP) is 3.89. The van der Waals surface area contributed by atoms with Crippen LogP contribution >= 0.6 is 0 Å². The lowest BCUT2D eigenvalue weighted by Crippen LogP contribution is -2.20. The van der Waals surface area contributed by atoms with Crippen LogP contribution in [0.1, 0.15) is 63.7 Å². The van der Waals surface area contributed by atoms with Gasteiger partial charge >= 0.3 is 0 Å². The van der Waals surface area contributed by atoms with Gasteiger partial charge in [0.2, 0.25) is 0 Å². The summed E-state index contributed by atoms with van der Waals surface area (Å²) in [5.41, 5.74) is 7.96. The Kier molecular flexibility index (Phi) is 4.06. The van der Waals surface area contributed by atoms with Gasteiger partial charge in [0.05, 0.1) is 11.7 Å². The van der Waals surface area contributed by atoms with Gasteiger partial charge in [-0.05, 0) is 31.6 Å². The maximum atomic E-state index is 5.89. The van der Waals surface area contributed by atoms with Crippen molar-refractivity contribution in [3.63, 3.8) is 0 Å². The highest BCUT2D eigenvalue weighted by Crippen LogP contribution is 2.37. The van der Waals surface area contributed by atoms with Crippen molar-refractivity contribution in [1.29, 1.82) is 0 Å². The molecule has 0 atom stereocenters. The van der Waals surface area contributed by atoms with E-state index in [9.17, 15) is 0 Å². The number of pyridine rings is 1. The molecule has 0 bridgehead atoms. The molecule has 0 radical (unpaired) electrons. The molecule has 2 aromatic heterocycles. The fourth-order valence-corrected chi connectivity index (χ4v) is 3.60. The lowest BCUT2D eigenvalue weighted by atomic mass is 9.84. The Morgan fingerprint density at radius 2 is 2.09 bits per heavy atom. The average Bonchev–Trinajstić information content (AvgIpc) is 2.87. The zero-order valence-electron chi connectivity index (χ0n) is 13.4. The Balaban J connectivity index is 1.97. The zero-order chi connectivity index (χ0) is 15.7. The summed E-state index contributed by atoms with van der Waals surface area (Å²) < 4.78 is 2.41. The van der Waals surface area contributed by atoms with Crippen molar-refractivity contribution in [1.82, 2.24) is 14.5 Å². The van der Waals surface area contributed by atoms with E-state index in [2.05, 4.69) is 29.3 Å². The number of rotatable bonds is 3. The Hall–Kier alpha value is -2.02. The second-order valence-electron chi connectivity index (χ2n) is 6.68. The topological polar surface area (TPSA) is 56.7 Å². The molecule has 1 aliphatic carbocycles. The average molecular weight is 296 g/mol. The van der Waals surface area contributed by atoms with E-state index < -0.39 is 0 Å². The van der Waals surface area contributed by atoms with Crippen molar-refractivity contribution in [3.8, 4) is 12.3 Å². The summed E-state index contributed by atoms with van der Waals surface area (Å²) in [7, 11) is 0. The fraction of sp³-hybridized carbons (Fsp3) is 0.556. The molecule has 2 aromatic rings. The predicted molar refractivity (Wildman–Crippen MR) is 90.5 cm³/mol. The second-order valence-corrected chi connectivity index (χ2v) is 6.68. The third-order valence-corrected chi connectivity index (χ3v) is 4.73. The second kappa shape index (κ2) is 6.00. The van der Waals surface area contributed by atoms with Crippen molar-refractivity contribution in [2.75, 3.05) is 5.73 Å². The van der Waals surface area contributed by atoms with Gasteiger partial charge in [-0.2, -0.15) is 0 Å². The maximum absolute atomic E-state index is 5.89. The van der Waals surface area contributed by atoms with Gasteiger partial charge in [-0.25, -0.2) is 9.97 Å². The maximum Gasteiger partial charge on any atom is 0.125 e. The lowest BCUT2D eigenvalue weighted by molar-refractivity contribution is 0.277. The van der Waals surface area contributed by atoms with E-state index in [4.69, 9.17) is 17.1 Å². The van der Waals surface area contributed by atoms with Gasteiger partial charge in [-0.1, -0.05) is 13.8 Å². The number of nitrogen functional groups attached to an aromatic ring is 1. The lowest BCUT2D eigenvalue weighted by Gasteiger charge is -2.30. The van der Waals surface area contributed by atoms with Gasteiger partial charge in [0.15, 0.2) is 0 Å². The number of nitrogens with zero attached hydrogens (tertiary/aromatic N) is 3. The van der Waals surface area contributed by atoms with Gasteiger partial charge in [0.25, 0.3) is 0 Å². The molecule has 2 heterocycles. The van der Waals surface area contributed by atoms with Crippen LogP contribution in [0.25, 0.3) is 11.0 Å². The molecule has 2 N–H and O–H groups in total. The highest BCUT2D eigenvalue weighted by Gasteiger charge is 2.26. The van der Waals surface area contributed by atoms with E-state index in [0.29, 0.717) is 23.7 Å². The van der Waals surface area contributed by atoms with Crippen LogP contribution in [0.15, 0.2) is 12.3 Å². The number of fused-ring (bicyclic) bond motifs is 1. The summed E-state index contributed by atoms with van der Waals surface area (Å²) >= 11 is 0. The van der Waals surface area contributed by atoms with E-state index in [1.54, 1.807) is 6.20 Å². The summed E-state index contributed by atoms with van der Waals surface area (Å²) in [6.07, 6.45) is 12.9. The Morgan fingerprint density at radius 1 is 1.36 bits per heavy atom. The summed E-state index contributed by atoms with van der Waals surface area (Å²) in [4.78, 5) is 8.98. The Bertz CT molecular complexity index is 700. The van der Waals surface area contributed by atoms with Gasteiger partial charge in [-0.3, -0.25) is 0 Å². The smallest absolute Gasteiger partial charge is 0.125 e. The molecule has 4 heteroatoms. The summed E-state index contributed by atoms with van der Waals surface area (Å²) in [6.45, 7) is 4.39. The molecule has 4 nitrogen and oxygen atoms in total. The Labute approximate surface area is 132 Å². The highest BCUT2D eigenvalue weighted by molar-refractivity contribution is 5.77. The fourth-order valence-electron chi connectivity index (χ4n) is 3.60. The van der Waals surface area contributed by atoms with E-state index in [0.717, 1.165) is 23.3 Å². The van der Waals surface area contributed by atoms with Crippen molar-refractivity contribution < 1.29 is 0 Å². The van der Waals surface area contributed by atoms with Crippen LogP contribution in [-0.4, -0.2) is 14.5 Å². The van der Waals surface area contributed by atoms with Crippen LogP contribution in [0, 0.1) is 18.3 Å². The zero-order valence-corrected chi connectivity index (χ0v) is 13.4. The molecule has 3 rings (SSSR count). The number of nitrogens with two attached hydrogens (primary N) is 1. The summed E-state index contributed by atoms with van der Waals surface area (Å²) in [5, 5.41) is 0. The molecular weight excluding hydrogens is 272 g/mol. The third-order valence-electron chi connectivity index (χ3n) is 4.73. The molecule has 116 valence electrons. The number of aromatic nitrogens is 3. The molecule has 1 fully saturated rings. The summed E-state index contributed by atoms with van der Waals surface area (Å²) in [5.74, 6) is 5.58. The molecule has 22 heavy (non-hydrogen) atoms. The highest BCUT2D eigenvalue weighted by atomic mass is 15.1. The van der Waals surface area contributed by atoms with Crippen LogP contribution < -0.4 is 5.73 Å². The minimum atomic E-state index is 0.386. The molecule has 0 saturated heterocycles. The monoisotopic (exact) mass is 296 g/mol. The number of anilines is 1. The minimum Gasteiger partial charge on any atom is -0.384 e. The van der Waals surface area contributed by atoms with Gasteiger partial charge in [-0.15, -0.1) is 12.3 Å². The van der Waals surface area contributed by atoms with Gasteiger partial charge in [0, 0.05) is 24.4 Å². The van der Waals surface area contributed by atoms with E-state index >= 15 is 0 Å². The molecule has 1 aliphatic rings. The van der Waals surface area contributed by atoms with Crippen molar-refractivity contribution in [2.24, 2.45) is 5.92 Å². The molecule has 0 amide bonds. The summed E-state index contributed by atoms with van der Waals surface area (Å²) in [6, 6.07) is 2.46. The number of terminal acetylenes is 1. The van der Waals surface area contributed by atoms with Crippen LogP contribution in [-0.2, 0) is 0 Å². The normalized spacial score (nSPS) is 22.1. The first-order valence-electron chi connectivity index (χ1n) is 8.17. The standard InChI is InChI=1S/C18H24N4/c1-4-5-13-6-8-14(9-7-13)22-16-10-17(19)20-11-15(16)21-18(22)12(2)3/h1,10-14H,5-9H2,2-3H3,(H2,19,20). The van der Waals surface area contributed by atoms with Crippen LogP contribution in [0.4, 0.5) is 5.82 Å². The molecule has 0 spiro atoms. The van der Waals surface area contributed by atoms with Crippen LogP contribution in [0.2, 0.25) is 0 Å². The van der Waals surface area contributed by atoms with E-state index in [1.165, 1.54) is 25.7 Å². The first-order chi connectivity index (χ1) is 10.6. The van der Waals surface area contributed by atoms with Crippen molar-refractivity contribution in [2.45, 2.75) is 57.9 Å². The number of hydrogen-bond acceptors (Lipinski definition) is 3. The number of imidazole rings is 1. The van der Waals surface area contributed by atoms with E-state index in [1.807, 2.05) is 6.07 Å². The van der Waals surface area contributed by atoms with E-state index in [-0.39, 0.29) is 0 Å². The molecule has 0 aliphatic heterocycles. The molecular formula is C18H24N4. The minimum absolute atomic E-state index is 0.386. The van der Waals surface area contributed by atoms with Crippen molar-refractivity contribution >= 4 is 16.9 Å². The quantitative estimate of drug-likeness (QED) is 0.874. The molecule has 0 aromatic carbocycles. The number of hydrogen-bond donors (Lipinski definition) is 1. The van der Waals surface area contributed by atoms with Crippen LogP contribution in [0.3, 0.4) is 0 Å².